The second kappa shape index (κ2) is 8.93. The van der Waals surface area contributed by atoms with Gasteiger partial charge in [0, 0.05) is 11.6 Å². The Balaban J connectivity index is 3.39. The van der Waals surface area contributed by atoms with E-state index in [0.717, 1.165) is 12.6 Å². The highest BCUT2D eigenvalue weighted by molar-refractivity contribution is 4.69. The van der Waals surface area contributed by atoms with E-state index in [4.69, 9.17) is 0 Å². The van der Waals surface area contributed by atoms with Gasteiger partial charge in [0.15, 0.2) is 0 Å². The van der Waals surface area contributed by atoms with Crippen LogP contribution in [0.2, 0.25) is 0 Å². The largest absolute Gasteiger partial charge is 0.312 e. The fourth-order valence-electron chi connectivity index (χ4n) is 1.98. The molecule has 0 amide bonds. The monoisotopic (exact) mass is 242 g/mol. The Morgan fingerprint density at radius 3 is 2.29 bits per heavy atom. The topological polar surface area (TPSA) is 15.3 Å². The third-order valence-electron chi connectivity index (χ3n) is 3.30. The molecule has 0 aromatic heterocycles. The van der Waals surface area contributed by atoms with Crippen LogP contribution >= 0.6 is 0 Å². The van der Waals surface area contributed by atoms with Crippen LogP contribution in [0.15, 0.2) is 0 Å². The van der Waals surface area contributed by atoms with E-state index >= 15 is 0 Å². The second-order valence-electron chi connectivity index (χ2n) is 6.36. The molecule has 0 aliphatic rings. The molecule has 17 heavy (non-hydrogen) atoms. The number of unbranched alkanes of at least 4 members (excludes halogenated alkanes) is 2. The molecule has 104 valence electrons. The average Bonchev–Trinajstić information content (AvgIpc) is 2.21. The molecule has 0 heterocycles. The molecule has 1 unspecified atom stereocenters. The van der Waals surface area contributed by atoms with Crippen LogP contribution in [-0.4, -0.2) is 36.6 Å². The van der Waals surface area contributed by atoms with Crippen LogP contribution in [-0.2, 0) is 0 Å². The lowest BCUT2D eigenvalue weighted by molar-refractivity contribution is 0.239. The Kier molecular flexibility index (Phi) is 8.89. The van der Waals surface area contributed by atoms with E-state index in [0.29, 0.717) is 0 Å². The van der Waals surface area contributed by atoms with Gasteiger partial charge in [-0.1, -0.05) is 19.8 Å². The minimum Gasteiger partial charge on any atom is -0.312 e. The Hall–Kier alpha value is -0.0800. The standard InChI is InChI=1S/C15H34N2/c1-7-11-14(2)17(6)13-10-8-9-12-16-15(3,4)5/h14,16H,7-13H2,1-6H3. The maximum absolute atomic E-state index is 3.54. The van der Waals surface area contributed by atoms with Gasteiger partial charge in [-0.15, -0.1) is 0 Å². The predicted molar refractivity (Wildman–Crippen MR) is 78.6 cm³/mol. The van der Waals surface area contributed by atoms with Crippen molar-refractivity contribution in [3.8, 4) is 0 Å². The summed E-state index contributed by atoms with van der Waals surface area (Å²) in [5, 5.41) is 3.54. The number of nitrogens with one attached hydrogen (secondary N) is 1. The van der Waals surface area contributed by atoms with Crippen molar-refractivity contribution < 1.29 is 0 Å². The summed E-state index contributed by atoms with van der Waals surface area (Å²) in [6, 6.07) is 0.743. The lowest BCUT2D eigenvalue weighted by Crippen LogP contribution is -2.36. The van der Waals surface area contributed by atoms with E-state index < -0.39 is 0 Å². The highest BCUT2D eigenvalue weighted by atomic mass is 15.1. The van der Waals surface area contributed by atoms with Crippen LogP contribution in [0.25, 0.3) is 0 Å². The molecule has 0 aromatic rings. The molecule has 0 bridgehead atoms. The van der Waals surface area contributed by atoms with E-state index in [-0.39, 0.29) is 5.54 Å². The number of rotatable bonds is 9. The molecule has 2 heteroatoms. The molecule has 0 saturated heterocycles. The minimum atomic E-state index is 0.270. The summed E-state index contributed by atoms with van der Waals surface area (Å²) in [7, 11) is 2.26. The van der Waals surface area contributed by atoms with Gasteiger partial charge in [-0.3, -0.25) is 0 Å². The van der Waals surface area contributed by atoms with Gasteiger partial charge in [0.25, 0.3) is 0 Å². The van der Waals surface area contributed by atoms with Crippen molar-refractivity contribution in [3.63, 3.8) is 0 Å². The van der Waals surface area contributed by atoms with Crippen molar-refractivity contribution in [3.05, 3.63) is 0 Å². The quantitative estimate of drug-likeness (QED) is 0.621. The SMILES string of the molecule is CCCC(C)N(C)CCCCCNC(C)(C)C. The van der Waals surface area contributed by atoms with Gasteiger partial charge in [-0.2, -0.15) is 0 Å². The maximum atomic E-state index is 3.54. The van der Waals surface area contributed by atoms with Crippen molar-refractivity contribution >= 4 is 0 Å². The second-order valence-corrected chi connectivity index (χ2v) is 6.36. The number of hydrogen-bond acceptors (Lipinski definition) is 2. The molecule has 0 rings (SSSR count). The van der Waals surface area contributed by atoms with Gasteiger partial charge in [-0.05, 0) is 67.1 Å². The molecule has 0 aromatic carbocycles. The zero-order valence-corrected chi connectivity index (χ0v) is 13.0. The maximum Gasteiger partial charge on any atom is 0.00965 e. The fraction of sp³-hybridized carbons (Fsp3) is 1.00. The van der Waals surface area contributed by atoms with Gasteiger partial charge >= 0.3 is 0 Å². The minimum absolute atomic E-state index is 0.270. The van der Waals surface area contributed by atoms with Crippen LogP contribution in [0.4, 0.5) is 0 Å². The summed E-state index contributed by atoms with van der Waals surface area (Å²) < 4.78 is 0. The summed E-state index contributed by atoms with van der Waals surface area (Å²) in [5.41, 5.74) is 0.270. The molecule has 0 fully saturated rings. The predicted octanol–water partition coefficient (Wildman–Crippen LogP) is 3.67. The van der Waals surface area contributed by atoms with Crippen LogP contribution in [0.5, 0.6) is 0 Å². The first-order valence-corrected chi connectivity index (χ1v) is 7.32. The van der Waals surface area contributed by atoms with Gasteiger partial charge in [0.05, 0.1) is 0 Å². The van der Waals surface area contributed by atoms with E-state index in [1.165, 1.54) is 38.6 Å². The molecule has 1 N–H and O–H groups in total. The van der Waals surface area contributed by atoms with Gasteiger partial charge in [-0.25, -0.2) is 0 Å². The smallest absolute Gasteiger partial charge is 0.00965 e. The third-order valence-corrected chi connectivity index (χ3v) is 3.30. The Labute approximate surface area is 109 Å². The molecule has 1 atom stereocenters. The summed E-state index contributed by atoms with van der Waals surface area (Å²) in [6.07, 6.45) is 6.58. The van der Waals surface area contributed by atoms with Crippen molar-refractivity contribution in [2.24, 2.45) is 0 Å². The van der Waals surface area contributed by atoms with E-state index in [1.54, 1.807) is 0 Å². The Morgan fingerprint density at radius 1 is 1.12 bits per heavy atom. The fourth-order valence-corrected chi connectivity index (χ4v) is 1.98. The zero-order valence-electron chi connectivity index (χ0n) is 13.0. The lowest BCUT2D eigenvalue weighted by Gasteiger charge is -2.24. The van der Waals surface area contributed by atoms with Crippen molar-refractivity contribution in [1.82, 2.24) is 10.2 Å². The first-order valence-electron chi connectivity index (χ1n) is 7.32. The first kappa shape index (κ1) is 16.9. The number of hydrogen-bond donors (Lipinski definition) is 1. The van der Waals surface area contributed by atoms with Gasteiger partial charge < -0.3 is 10.2 Å². The van der Waals surface area contributed by atoms with Crippen molar-refractivity contribution in [2.45, 2.75) is 78.3 Å². The Bertz CT molecular complexity index is 172. The van der Waals surface area contributed by atoms with Crippen LogP contribution in [0.1, 0.15) is 66.7 Å². The number of nitrogens with zero attached hydrogens (tertiary/aromatic N) is 1. The van der Waals surface area contributed by atoms with Crippen LogP contribution in [0.3, 0.4) is 0 Å². The van der Waals surface area contributed by atoms with E-state index in [2.05, 4.69) is 51.9 Å². The molecule has 2 nitrogen and oxygen atoms in total. The summed E-state index contributed by atoms with van der Waals surface area (Å²) in [4.78, 5) is 2.50. The molecule has 0 spiro atoms. The van der Waals surface area contributed by atoms with Crippen molar-refractivity contribution in [1.29, 1.82) is 0 Å². The molecule has 0 saturated carbocycles. The molecule has 0 radical (unpaired) electrons. The summed E-state index contributed by atoms with van der Waals surface area (Å²) in [5.74, 6) is 0. The molecular formula is C15H34N2. The Morgan fingerprint density at radius 2 is 1.76 bits per heavy atom. The van der Waals surface area contributed by atoms with Gasteiger partial charge in [0.1, 0.15) is 0 Å². The zero-order chi connectivity index (χ0) is 13.3. The average molecular weight is 242 g/mol. The first-order chi connectivity index (χ1) is 7.87. The van der Waals surface area contributed by atoms with Crippen LogP contribution in [0, 0.1) is 0 Å². The highest BCUT2D eigenvalue weighted by Crippen LogP contribution is 2.06. The normalized spacial score (nSPS) is 14.3. The molecule has 0 aliphatic carbocycles. The summed E-state index contributed by atoms with van der Waals surface area (Å²) in [6.45, 7) is 13.7. The van der Waals surface area contributed by atoms with E-state index in [9.17, 15) is 0 Å². The van der Waals surface area contributed by atoms with Crippen LogP contribution < -0.4 is 5.32 Å². The summed E-state index contributed by atoms with van der Waals surface area (Å²) >= 11 is 0. The molecule has 0 aliphatic heterocycles. The van der Waals surface area contributed by atoms with Crippen molar-refractivity contribution in [2.75, 3.05) is 20.1 Å². The molecular weight excluding hydrogens is 208 g/mol. The highest BCUT2D eigenvalue weighted by Gasteiger charge is 2.08. The third kappa shape index (κ3) is 10.8. The lowest BCUT2D eigenvalue weighted by atomic mass is 10.1. The van der Waals surface area contributed by atoms with Gasteiger partial charge in [0.2, 0.25) is 0 Å². The van der Waals surface area contributed by atoms with E-state index in [1.807, 2.05) is 0 Å².